The summed E-state index contributed by atoms with van der Waals surface area (Å²) in [4.78, 5) is 0. The van der Waals surface area contributed by atoms with Crippen LogP contribution >= 0.6 is 0 Å². The summed E-state index contributed by atoms with van der Waals surface area (Å²) < 4.78 is 5.07. The Bertz CT molecular complexity index is 443. The van der Waals surface area contributed by atoms with Crippen molar-refractivity contribution in [2.45, 2.75) is 6.42 Å². The van der Waals surface area contributed by atoms with E-state index in [4.69, 9.17) is 10.3 Å². The Balaban J connectivity index is 2.11. The molecule has 0 saturated carbocycles. The maximum Gasteiger partial charge on any atom is 0.166 e. The summed E-state index contributed by atoms with van der Waals surface area (Å²) in [5, 5.41) is 3.68. The second kappa shape index (κ2) is 5.28. The Morgan fingerprint density at radius 3 is 2.62 bits per heavy atom. The molecule has 0 aliphatic heterocycles. The third-order valence-corrected chi connectivity index (χ3v) is 2.28. The molecule has 0 amide bonds. The molecule has 3 nitrogen and oxygen atoms in total. The summed E-state index contributed by atoms with van der Waals surface area (Å²) >= 11 is 0. The molecule has 82 valence electrons. The molecule has 1 heterocycles. The van der Waals surface area contributed by atoms with E-state index in [9.17, 15) is 0 Å². The van der Waals surface area contributed by atoms with Crippen molar-refractivity contribution in [3.05, 3.63) is 48.2 Å². The van der Waals surface area contributed by atoms with Crippen molar-refractivity contribution in [2.75, 3.05) is 6.54 Å². The lowest BCUT2D eigenvalue weighted by Crippen LogP contribution is -1.94. The largest absolute Gasteiger partial charge is 0.356 e. The Kier molecular flexibility index (Phi) is 3.51. The third kappa shape index (κ3) is 2.58. The molecular formula is C13H14N2O. The minimum Gasteiger partial charge on any atom is -0.356 e. The minimum absolute atomic E-state index is 0.687. The number of hydrogen-bond donors (Lipinski definition) is 1. The van der Waals surface area contributed by atoms with Gasteiger partial charge in [0, 0.05) is 11.6 Å². The number of benzene rings is 1. The maximum absolute atomic E-state index is 5.41. The summed E-state index contributed by atoms with van der Waals surface area (Å²) in [5.74, 6) is 0.789. The molecule has 0 bridgehead atoms. The maximum atomic E-state index is 5.41. The second-order valence-corrected chi connectivity index (χ2v) is 3.48. The van der Waals surface area contributed by atoms with E-state index in [-0.39, 0.29) is 0 Å². The molecular weight excluding hydrogens is 200 g/mol. The van der Waals surface area contributed by atoms with Crippen molar-refractivity contribution in [3.8, 4) is 11.3 Å². The lowest BCUT2D eigenvalue weighted by molar-refractivity contribution is 0.432. The van der Waals surface area contributed by atoms with Crippen LogP contribution in [0.2, 0.25) is 0 Å². The normalized spacial score (nSPS) is 11.1. The Morgan fingerprint density at radius 1 is 1.19 bits per heavy atom. The highest BCUT2D eigenvalue weighted by molar-refractivity contribution is 5.60. The molecule has 0 spiro atoms. The Morgan fingerprint density at radius 2 is 2.00 bits per heavy atom. The van der Waals surface area contributed by atoms with Crippen molar-refractivity contribution in [2.24, 2.45) is 5.73 Å². The lowest BCUT2D eigenvalue weighted by atomic mass is 10.1. The molecule has 0 aliphatic rings. The average Bonchev–Trinajstić information content (AvgIpc) is 2.84. The molecule has 0 fully saturated rings. The quantitative estimate of drug-likeness (QED) is 0.851. The van der Waals surface area contributed by atoms with Crippen LogP contribution in [0.1, 0.15) is 12.0 Å². The van der Waals surface area contributed by atoms with Gasteiger partial charge in [0.25, 0.3) is 0 Å². The fourth-order valence-corrected chi connectivity index (χ4v) is 1.44. The Hall–Kier alpha value is -1.87. The molecule has 1 aromatic heterocycles. The summed E-state index contributed by atoms with van der Waals surface area (Å²) in [7, 11) is 0. The molecule has 2 rings (SSSR count). The van der Waals surface area contributed by atoms with E-state index >= 15 is 0 Å². The van der Waals surface area contributed by atoms with Crippen LogP contribution in [-0.2, 0) is 0 Å². The van der Waals surface area contributed by atoms with Gasteiger partial charge in [-0.15, -0.1) is 0 Å². The molecule has 3 heteroatoms. The van der Waals surface area contributed by atoms with Gasteiger partial charge in [0.05, 0.1) is 6.20 Å². The van der Waals surface area contributed by atoms with Crippen LogP contribution in [-0.4, -0.2) is 11.7 Å². The van der Waals surface area contributed by atoms with Crippen molar-refractivity contribution in [1.29, 1.82) is 0 Å². The van der Waals surface area contributed by atoms with Crippen molar-refractivity contribution >= 4 is 6.08 Å². The van der Waals surface area contributed by atoms with Gasteiger partial charge in [0.2, 0.25) is 0 Å². The van der Waals surface area contributed by atoms with Gasteiger partial charge < -0.3 is 10.3 Å². The first-order valence-electron chi connectivity index (χ1n) is 5.28. The van der Waals surface area contributed by atoms with E-state index in [0.717, 1.165) is 23.3 Å². The van der Waals surface area contributed by atoms with Gasteiger partial charge in [0.1, 0.15) is 0 Å². The van der Waals surface area contributed by atoms with Crippen LogP contribution in [0.5, 0.6) is 0 Å². The highest BCUT2D eigenvalue weighted by atomic mass is 16.5. The van der Waals surface area contributed by atoms with E-state index in [2.05, 4.69) is 17.3 Å². The smallest absolute Gasteiger partial charge is 0.166 e. The predicted molar refractivity (Wildman–Crippen MR) is 64.6 cm³/mol. The molecule has 0 aliphatic carbocycles. The molecule has 0 atom stereocenters. The van der Waals surface area contributed by atoms with Crippen LogP contribution in [0, 0.1) is 0 Å². The summed E-state index contributed by atoms with van der Waals surface area (Å²) in [6, 6.07) is 9.97. The zero-order valence-electron chi connectivity index (χ0n) is 8.97. The molecule has 0 radical (unpaired) electrons. The number of aromatic nitrogens is 1. The zero-order valence-corrected chi connectivity index (χ0v) is 8.97. The van der Waals surface area contributed by atoms with Gasteiger partial charge in [-0.3, -0.25) is 0 Å². The average molecular weight is 214 g/mol. The third-order valence-electron chi connectivity index (χ3n) is 2.28. The molecule has 0 unspecified atom stereocenters. The van der Waals surface area contributed by atoms with Crippen LogP contribution in [0.4, 0.5) is 0 Å². The van der Waals surface area contributed by atoms with Gasteiger partial charge in [0.15, 0.2) is 5.76 Å². The first kappa shape index (κ1) is 10.6. The molecule has 1 aromatic carbocycles. The van der Waals surface area contributed by atoms with E-state index in [1.807, 2.05) is 30.3 Å². The monoisotopic (exact) mass is 214 g/mol. The van der Waals surface area contributed by atoms with Crippen molar-refractivity contribution in [1.82, 2.24) is 5.16 Å². The standard InChI is InChI=1S/C13H14N2O/c14-9-2-1-3-11-4-6-12(7-5-11)13-8-10-15-16-13/h1,3-8,10H,2,9,14H2. The summed E-state index contributed by atoms with van der Waals surface area (Å²) in [6.45, 7) is 0.687. The van der Waals surface area contributed by atoms with E-state index in [0.29, 0.717) is 6.54 Å². The van der Waals surface area contributed by atoms with Crippen LogP contribution in [0.3, 0.4) is 0 Å². The fraction of sp³-hybridized carbons (Fsp3) is 0.154. The van der Waals surface area contributed by atoms with E-state index in [1.54, 1.807) is 6.20 Å². The molecule has 2 N–H and O–H groups in total. The van der Waals surface area contributed by atoms with Gasteiger partial charge in [-0.25, -0.2) is 0 Å². The van der Waals surface area contributed by atoms with Crippen LogP contribution in [0.25, 0.3) is 17.4 Å². The number of nitrogens with two attached hydrogens (primary N) is 1. The van der Waals surface area contributed by atoms with Crippen molar-refractivity contribution < 1.29 is 4.52 Å². The van der Waals surface area contributed by atoms with Gasteiger partial charge >= 0.3 is 0 Å². The van der Waals surface area contributed by atoms with E-state index in [1.165, 1.54) is 0 Å². The number of hydrogen-bond acceptors (Lipinski definition) is 3. The first-order valence-corrected chi connectivity index (χ1v) is 5.28. The lowest BCUT2D eigenvalue weighted by Gasteiger charge is -1.97. The molecule has 2 aromatic rings. The second-order valence-electron chi connectivity index (χ2n) is 3.48. The van der Waals surface area contributed by atoms with Gasteiger partial charge in [-0.1, -0.05) is 41.6 Å². The minimum atomic E-state index is 0.687. The Labute approximate surface area is 94.6 Å². The fourth-order valence-electron chi connectivity index (χ4n) is 1.44. The SMILES string of the molecule is NCCC=Cc1ccc(-c2ccno2)cc1. The highest BCUT2D eigenvalue weighted by Gasteiger charge is 1.99. The van der Waals surface area contributed by atoms with E-state index < -0.39 is 0 Å². The predicted octanol–water partition coefficient (Wildman–Crippen LogP) is 2.70. The zero-order chi connectivity index (χ0) is 11.2. The number of nitrogens with zero attached hydrogens (tertiary/aromatic N) is 1. The number of rotatable bonds is 4. The van der Waals surface area contributed by atoms with Crippen LogP contribution < -0.4 is 5.73 Å². The topological polar surface area (TPSA) is 52.0 Å². The molecule has 0 saturated heterocycles. The summed E-state index contributed by atoms with van der Waals surface area (Å²) in [6.07, 6.45) is 6.69. The molecule has 16 heavy (non-hydrogen) atoms. The van der Waals surface area contributed by atoms with Crippen molar-refractivity contribution in [3.63, 3.8) is 0 Å². The van der Waals surface area contributed by atoms with Gasteiger partial charge in [-0.2, -0.15) is 0 Å². The van der Waals surface area contributed by atoms with Crippen LogP contribution in [0.15, 0.2) is 47.1 Å². The summed E-state index contributed by atoms with van der Waals surface area (Å²) in [5.41, 5.74) is 7.61. The highest BCUT2D eigenvalue weighted by Crippen LogP contribution is 2.19. The van der Waals surface area contributed by atoms with Gasteiger partial charge in [-0.05, 0) is 18.5 Å². The first-order chi connectivity index (χ1) is 7.90.